The second-order valence-corrected chi connectivity index (χ2v) is 3.52. The summed E-state index contributed by atoms with van der Waals surface area (Å²) in [6, 6.07) is 4.98. The Kier molecular flexibility index (Phi) is 3.76. The fraction of sp³-hybridized carbons (Fsp3) is 0.182. The number of nitrogens with zero attached hydrogens (tertiary/aromatic N) is 1. The van der Waals surface area contributed by atoms with Crippen molar-refractivity contribution in [3.05, 3.63) is 35.4 Å². The van der Waals surface area contributed by atoms with Gasteiger partial charge in [-0.3, -0.25) is 14.5 Å². The summed E-state index contributed by atoms with van der Waals surface area (Å²) in [7, 11) is 0. The normalized spacial score (nSPS) is 15.2. The average molecular weight is 225 g/mol. The van der Waals surface area contributed by atoms with Crippen LogP contribution in [-0.4, -0.2) is 28.7 Å². The second-order valence-electron chi connectivity index (χ2n) is 3.52. The SMILES string of the molecule is CC(C(=O)[O-])N1C(=O)c2ccccc2C1=O.[Li+]. The zero-order valence-electron chi connectivity index (χ0n) is 9.47. The van der Waals surface area contributed by atoms with Crippen LogP contribution < -0.4 is 24.0 Å². The van der Waals surface area contributed by atoms with Gasteiger partial charge in [0.2, 0.25) is 0 Å². The van der Waals surface area contributed by atoms with Crippen LogP contribution in [0.5, 0.6) is 0 Å². The van der Waals surface area contributed by atoms with Crippen molar-refractivity contribution in [2.75, 3.05) is 0 Å². The molecule has 1 unspecified atom stereocenters. The smallest absolute Gasteiger partial charge is 0.548 e. The second kappa shape index (κ2) is 4.74. The first-order chi connectivity index (χ1) is 7.54. The molecule has 0 aromatic heterocycles. The van der Waals surface area contributed by atoms with Gasteiger partial charge < -0.3 is 9.90 Å². The summed E-state index contributed by atoms with van der Waals surface area (Å²) in [6.45, 7) is 1.25. The molecule has 82 valence electrons. The van der Waals surface area contributed by atoms with E-state index in [0.717, 1.165) is 0 Å². The quantitative estimate of drug-likeness (QED) is 0.385. The van der Waals surface area contributed by atoms with Crippen molar-refractivity contribution >= 4 is 17.8 Å². The molecule has 0 saturated heterocycles. The number of carbonyl (C=O) groups excluding carboxylic acids is 3. The van der Waals surface area contributed by atoms with E-state index in [1.165, 1.54) is 19.1 Å². The molecule has 0 N–H and O–H groups in total. The summed E-state index contributed by atoms with van der Waals surface area (Å²) in [5.74, 6) is -2.62. The first kappa shape index (κ1) is 13.5. The summed E-state index contributed by atoms with van der Waals surface area (Å²) in [5, 5.41) is 10.7. The molecule has 1 aliphatic rings. The molecule has 0 saturated carbocycles. The number of fused-ring (bicyclic) bond motifs is 1. The van der Waals surface area contributed by atoms with Crippen LogP contribution in [0.1, 0.15) is 27.6 Å². The van der Waals surface area contributed by atoms with Crippen LogP contribution >= 0.6 is 0 Å². The largest absolute Gasteiger partial charge is 1.00 e. The molecule has 1 aromatic carbocycles. The van der Waals surface area contributed by atoms with Crippen molar-refractivity contribution in [1.82, 2.24) is 4.90 Å². The predicted octanol–water partition coefficient (Wildman–Crippen LogP) is -3.57. The molecular formula is C11H8LiNO4. The maximum absolute atomic E-state index is 11.8. The summed E-state index contributed by atoms with van der Waals surface area (Å²) < 4.78 is 0. The van der Waals surface area contributed by atoms with Crippen LogP contribution in [0.15, 0.2) is 24.3 Å². The summed E-state index contributed by atoms with van der Waals surface area (Å²) in [5.41, 5.74) is 0.473. The van der Waals surface area contributed by atoms with Gasteiger partial charge in [-0.15, -0.1) is 0 Å². The van der Waals surface area contributed by atoms with E-state index in [1.807, 2.05) is 0 Å². The number of aliphatic carboxylic acids is 1. The molecule has 0 bridgehead atoms. The van der Waals surface area contributed by atoms with E-state index in [-0.39, 0.29) is 30.0 Å². The molecule has 6 heteroatoms. The van der Waals surface area contributed by atoms with E-state index in [0.29, 0.717) is 4.90 Å². The van der Waals surface area contributed by atoms with Crippen molar-refractivity contribution in [2.45, 2.75) is 13.0 Å². The zero-order valence-corrected chi connectivity index (χ0v) is 9.47. The molecule has 2 rings (SSSR count). The molecule has 0 fully saturated rings. The Morgan fingerprint density at radius 2 is 1.59 bits per heavy atom. The average Bonchev–Trinajstić information content (AvgIpc) is 2.52. The first-order valence-electron chi connectivity index (χ1n) is 4.72. The molecule has 1 atom stereocenters. The molecule has 1 aliphatic heterocycles. The summed E-state index contributed by atoms with van der Waals surface area (Å²) >= 11 is 0. The van der Waals surface area contributed by atoms with Gasteiger partial charge in [-0.25, -0.2) is 0 Å². The van der Waals surface area contributed by atoms with Crippen molar-refractivity contribution in [3.63, 3.8) is 0 Å². The number of carbonyl (C=O) groups is 3. The van der Waals surface area contributed by atoms with Crippen LogP contribution in [0.4, 0.5) is 0 Å². The number of rotatable bonds is 2. The molecule has 5 nitrogen and oxygen atoms in total. The molecule has 2 amide bonds. The van der Waals surface area contributed by atoms with Gasteiger partial charge in [0.05, 0.1) is 23.1 Å². The van der Waals surface area contributed by atoms with E-state index >= 15 is 0 Å². The predicted molar refractivity (Wildman–Crippen MR) is 51.4 cm³/mol. The van der Waals surface area contributed by atoms with Gasteiger partial charge in [-0.05, 0) is 19.1 Å². The summed E-state index contributed by atoms with van der Waals surface area (Å²) in [4.78, 5) is 34.9. The van der Waals surface area contributed by atoms with E-state index in [4.69, 9.17) is 0 Å². The van der Waals surface area contributed by atoms with E-state index in [1.54, 1.807) is 12.1 Å². The van der Waals surface area contributed by atoms with E-state index < -0.39 is 23.8 Å². The van der Waals surface area contributed by atoms with Gasteiger partial charge in [0.15, 0.2) is 0 Å². The number of imide groups is 1. The Morgan fingerprint density at radius 1 is 1.18 bits per heavy atom. The van der Waals surface area contributed by atoms with E-state index in [2.05, 4.69) is 0 Å². The number of hydrogen-bond acceptors (Lipinski definition) is 4. The standard InChI is InChI=1S/C11H9NO4.Li/c1-6(11(15)16)12-9(13)7-4-2-3-5-8(7)10(12)14;/h2-6H,1H3,(H,15,16);/q;+1/p-1. The van der Waals surface area contributed by atoms with E-state index in [9.17, 15) is 19.5 Å². The minimum atomic E-state index is -1.45. The Labute approximate surface area is 110 Å². The van der Waals surface area contributed by atoms with Gasteiger partial charge in [0.25, 0.3) is 11.8 Å². The van der Waals surface area contributed by atoms with Crippen LogP contribution in [0.25, 0.3) is 0 Å². The Balaban J connectivity index is 0.00000144. The monoisotopic (exact) mass is 225 g/mol. The van der Waals surface area contributed by atoms with Crippen LogP contribution in [0.2, 0.25) is 0 Å². The van der Waals surface area contributed by atoms with Crippen LogP contribution in [0.3, 0.4) is 0 Å². The first-order valence-corrected chi connectivity index (χ1v) is 4.72. The van der Waals surface area contributed by atoms with Gasteiger partial charge in [0.1, 0.15) is 0 Å². The third-order valence-electron chi connectivity index (χ3n) is 2.55. The van der Waals surface area contributed by atoms with Crippen molar-refractivity contribution in [1.29, 1.82) is 0 Å². The van der Waals surface area contributed by atoms with Crippen LogP contribution in [0, 0.1) is 0 Å². The topological polar surface area (TPSA) is 77.5 Å². The molecule has 0 spiro atoms. The Hall–Kier alpha value is -1.57. The van der Waals surface area contributed by atoms with Gasteiger partial charge in [-0.1, -0.05) is 12.1 Å². The molecule has 0 radical (unpaired) electrons. The number of benzene rings is 1. The van der Waals surface area contributed by atoms with Gasteiger partial charge >= 0.3 is 18.9 Å². The zero-order chi connectivity index (χ0) is 11.9. The van der Waals surface area contributed by atoms with Gasteiger partial charge in [-0.2, -0.15) is 0 Å². The fourth-order valence-electron chi connectivity index (χ4n) is 1.67. The minimum absolute atomic E-state index is 0. The van der Waals surface area contributed by atoms with Crippen LogP contribution in [-0.2, 0) is 4.79 Å². The fourth-order valence-corrected chi connectivity index (χ4v) is 1.67. The molecule has 1 aromatic rings. The minimum Gasteiger partial charge on any atom is -0.548 e. The Bertz CT molecular complexity index is 465. The molecule has 1 heterocycles. The maximum atomic E-state index is 11.8. The van der Waals surface area contributed by atoms with Crippen molar-refractivity contribution < 1.29 is 38.4 Å². The number of carboxylic acid groups (broad SMARTS) is 1. The number of carboxylic acids is 1. The van der Waals surface area contributed by atoms with Crippen molar-refractivity contribution in [3.8, 4) is 0 Å². The third kappa shape index (κ3) is 1.99. The third-order valence-corrected chi connectivity index (χ3v) is 2.55. The number of hydrogen-bond donors (Lipinski definition) is 0. The molecule has 17 heavy (non-hydrogen) atoms. The maximum Gasteiger partial charge on any atom is 1.00 e. The van der Waals surface area contributed by atoms with Gasteiger partial charge in [0, 0.05) is 0 Å². The molecular weight excluding hydrogens is 217 g/mol. The Morgan fingerprint density at radius 3 is 1.94 bits per heavy atom. The van der Waals surface area contributed by atoms with Crippen molar-refractivity contribution in [2.24, 2.45) is 0 Å². The number of amides is 2. The molecule has 0 aliphatic carbocycles. The summed E-state index contributed by atoms with van der Waals surface area (Å²) in [6.07, 6.45) is 0.